The van der Waals surface area contributed by atoms with Crippen LogP contribution in [0.4, 0.5) is 0 Å². The SMILES string of the molecule is C=CCCCC(NC)C1(OCC)CCC(C)(C)CC1. The van der Waals surface area contributed by atoms with E-state index in [1.165, 1.54) is 38.5 Å². The van der Waals surface area contributed by atoms with Crippen LogP contribution in [0, 0.1) is 5.41 Å². The van der Waals surface area contributed by atoms with E-state index in [1.54, 1.807) is 0 Å². The fourth-order valence-corrected chi connectivity index (χ4v) is 3.37. The van der Waals surface area contributed by atoms with Gasteiger partial charge in [-0.25, -0.2) is 0 Å². The van der Waals surface area contributed by atoms with Crippen LogP contribution in [0.2, 0.25) is 0 Å². The number of unbranched alkanes of at least 4 members (excludes halogenated alkanes) is 1. The van der Waals surface area contributed by atoms with Crippen molar-refractivity contribution in [3.8, 4) is 0 Å². The van der Waals surface area contributed by atoms with Crippen molar-refractivity contribution in [2.75, 3.05) is 13.7 Å². The maximum atomic E-state index is 6.26. The molecular weight excluding hydrogens is 234 g/mol. The van der Waals surface area contributed by atoms with E-state index in [9.17, 15) is 0 Å². The number of hydrogen-bond acceptors (Lipinski definition) is 2. The Labute approximate surface area is 120 Å². The van der Waals surface area contributed by atoms with Gasteiger partial charge in [-0.15, -0.1) is 6.58 Å². The molecule has 0 amide bonds. The summed E-state index contributed by atoms with van der Waals surface area (Å²) in [4.78, 5) is 0. The second kappa shape index (κ2) is 7.44. The van der Waals surface area contributed by atoms with Crippen LogP contribution in [0.1, 0.15) is 65.7 Å². The molecule has 19 heavy (non-hydrogen) atoms. The lowest BCUT2D eigenvalue weighted by atomic mass is 9.67. The Kier molecular flexibility index (Phi) is 6.55. The maximum absolute atomic E-state index is 6.26. The van der Waals surface area contributed by atoms with Gasteiger partial charge in [-0.05, 0) is 64.3 Å². The predicted octanol–water partition coefficient (Wildman–Crippen LogP) is 4.31. The molecule has 0 saturated heterocycles. The Morgan fingerprint density at radius 2 is 1.89 bits per heavy atom. The van der Waals surface area contributed by atoms with Gasteiger partial charge in [-0.3, -0.25) is 0 Å². The van der Waals surface area contributed by atoms with E-state index in [0.717, 1.165) is 13.0 Å². The summed E-state index contributed by atoms with van der Waals surface area (Å²) in [6.07, 6.45) is 10.4. The highest BCUT2D eigenvalue weighted by molar-refractivity contribution is 4.98. The first-order chi connectivity index (χ1) is 8.99. The van der Waals surface area contributed by atoms with E-state index in [4.69, 9.17) is 4.74 Å². The van der Waals surface area contributed by atoms with E-state index in [1.807, 2.05) is 6.08 Å². The highest BCUT2D eigenvalue weighted by atomic mass is 16.5. The van der Waals surface area contributed by atoms with Gasteiger partial charge in [0.1, 0.15) is 0 Å². The van der Waals surface area contributed by atoms with Crippen molar-refractivity contribution in [3.63, 3.8) is 0 Å². The molecule has 0 aromatic heterocycles. The average molecular weight is 267 g/mol. The third-order valence-corrected chi connectivity index (χ3v) is 4.77. The maximum Gasteiger partial charge on any atom is 0.0834 e. The summed E-state index contributed by atoms with van der Waals surface area (Å²) in [5, 5.41) is 3.52. The minimum atomic E-state index is 0.0557. The van der Waals surface area contributed by atoms with Crippen molar-refractivity contribution >= 4 is 0 Å². The minimum absolute atomic E-state index is 0.0557. The average Bonchev–Trinajstić information content (AvgIpc) is 2.38. The Hall–Kier alpha value is -0.340. The van der Waals surface area contributed by atoms with E-state index < -0.39 is 0 Å². The molecule has 1 atom stereocenters. The lowest BCUT2D eigenvalue weighted by Gasteiger charge is -2.47. The largest absolute Gasteiger partial charge is 0.374 e. The topological polar surface area (TPSA) is 21.3 Å². The fraction of sp³-hybridized carbons (Fsp3) is 0.882. The zero-order chi connectivity index (χ0) is 14.4. The van der Waals surface area contributed by atoms with Crippen LogP contribution in [-0.4, -0.2) is 25.3 Å². The number of ether oxygens (including phenoxy) is 1. The molecule has 1 rings (SSSR count). The lowest BCUT2D eigenvalue weighted by molar-refractivity contribution is -0.106. The Morgan fingerprint density at radius 3 is 2.37 bits per heavy atom. The van der Waals surface area contributed by atoms with E-state index in [0.29, 0.717) is 11.5 Å². The number of hydrogen-bond donors (Lipinski definition) is 1. The summed E-state index contributed by atoms with van der Waals surface area (Å²) in [6, 6.07) is 0.475. The van der Waals surface area contributed by atoms with Crippen molar-refractivity contribution in [3.05, 3.63) is 12.7 Å². The quantitative estimate of drug-likeness (QED) is 0.523. The van der Waals surface area contributed by atoms with Crippen LogP contribution in [0.5, 0.6) is 0 Å². The highest BCUT2D eigenvalue weighted by Gasteiger charge is 2.43. The van der Waals surface area contributed by atoms with Gasteiger partial charge < -0.3 is 10.1 Å². The van der Waals surface area contributed by atoms with Crippen molar-refractivity contribution < 1.29 is 4.74 Å². The molecule has 0 heterocycles. The van der Waals surface area contributed by atoms with Crippen molar-refractivity contribution in [1.29, 1.82) is 0 Å². The molecule has 0 aromatic carbocycles. The standard InChI is InChI=1S/C17H33NO/c1-6-8-9-10-15(18-5)17(19-7-2)13-11-16(3,4)12-14-17/h6,15,18H,1,7-14H2,2-5H3. The normalized spacial score (nSPS) is 22.9. The van der Waals surface area contributed by atoms with Gasteiger partial charge in [0.2, 0.25) is 0 Å². The predicted molar refractivity (Wildman–Crippen MR) is 83.5 cm³/mol. The van der Waals surface area contributed by atoms with Crippen molar-refractivity contribution in [2.24, 2.45) is 5.41 Å². The molecule has 0 aromatic rings. The van der Waals surface area contributed by atoms with E-state index in [2.05, 4.69) is 39.7 Å². The molecule has 0 aliphatic heterocycles. The first kappa shape index (κ1) is 16.7. The van der Waals surface area contributed by atoms with Crippen LogP contribution in [0.15, 0.2) is 12.7 Å². The second-order valence-electron chi connectivity index (χ2n) is 6.72. The molecule has 0 radical (unpaired) electrons. The van der Waals surface area contributed by atoms with Crippen LogP contribution in [-0.2, 0) is 4.74 Å². The Balaban J connectivity index is 2.70. The van der Waals surface area contributed by atoms with Gasteiger partial charge in [0.25, 0.3) is 0 Å². The molecule has 0 spiro atoms. The van der Waals surface area contributed by atoms with Crippen LogP contribution in [0.25, 0.3) is 0 Å². The summed E-state index contributed by atoms with van der Waals surface area (Å²) >= 11 is 0. The molecule has 1 saturated carbocycles. The molecular formula is C17H33NO. The summed E-state index contributed by atoms with van der Waals surface area (Å²) in [7, 11) is 2.08. The molecule has 0 bridgehead atoms. The Bertz CT molecular complexity index is 262. The van der Waals surface area contributed by atoms with E-state index >= 15 is 0 Å². The third-order valence-electron chi connectivity index (χ3n) is 4.77. The third kappa shape index (κ3) is 4.61. The van der Waals surface area contributed by atoms with Crippen LogP contribution < -0.4 is 5.32 Å². The zero-order valence-electron chi connectivity index (χ0n) is 13.4. The lowest BCUT2D eigenvalue weighted by Crippen LogP contribution is -2.54. The molecule has 2 heteroatoms. The van der Waals surface area contributed by atoms with Gasteiger partial charge in [-0.2, -0.15) is 0 Å². The molecule has 1 aliphatic carbocycles. The number of nitrogens with one attached hydrogen (secondary N) is 1. The van der Waals surface area contributed by atoms with Crippen LogP contribution in [0.3, 0.4) is 0 Å². The zero-order valence-corrected chi connectivity index (χ0v) is 13.4. The van der Waals surface area contributed by atoms with Crippen molar-refractivity contribution in [2.45, 2.75) is 77.4 Å². The first-order valence-corrected chi connectivity index (χ1v) is 7.92. The van der Waals surface area contributed by atoms with E-state index in [-0.39, 0.29) is 5.60 Å². The summed E-state index contributed by atoms with van der Waals surface area (Å²) < 4.78 is 6.26. The Morgan fingerprint density at radius 1 is 1.26 bits per heavy atom. The van der Waals surface area contributed by atoms with Gasteiger partial charge >= 0.3 is 0 Å². The highest BCUT2D eigenvalue weighted by Crippen LogP contribution is 2.44. The summed E-state index contributed by atoms with van der Waals surface area (Å²) in [6.45, 7) is 11.5. The van der Waals surface area contributed by atoms with Gasteiger partial charge in [0.15, 0.2) is 0 Å². The van der Waals surface area contributed by atoms with Crippen LogP contribution >= 0.6 is 0 Å². The van der Waals surface area contributed by atoms with Gasteiger partial charge in [-0.1, -0.05) is 19.9 Å². The molecule has 1 fully saturated rings. The van der Waals surface area contributed by atoms with Gasteiger partial charge in [0.05, 0.1) is 5.60 Å². The number of allylic oxidation sites excluding steroid dienone is 1. The number of rotatable bonds is 8. The monoisotopic (exact) mass is 267 g/mol. The van der Waals surface area contributed by atoms with Gasteiger partial charge in [0, 0.05) is 12.6 Å². The fourth-order valence-electron chi connectivity index (χ4n) is 3.37. The number of likely N-dealkylation sites (N-methyl/N-ethyl adjacent to an activating group) is 1. The summed E-state index contributed by atoms with van der Waals surface area (Å²) in [5.74, 6) is 0. The molecule has 1 aliphatic rings. The summed E-state index contributed by atoms with van der Waals surface area (Å²) in [5.41, 5.74) is 0.542. The smallest absolute Gasteiger partial charge is 0.0834 e. The molecule has 1 N–H and O–H groups in total. The first-order valence-electron chi connectivity index (χ1n) is 7.92. The molecule has 2 nitrogen and oxygen atoms in total. The molecule has 112 valence electrons. The molecule has 1 unspecified atom stereocenters. The van der Waals surface area contributed by atoms with Crippen molar-refractivity contribution in [1.82, 2.24) is 5.32 Å². The second-order valence-corrected chi connectivity index (χ2v) is 6.72. The minimum Gasteiger partial charge on any atom is -0.374 e.